The molecule has 8 saturated carbocycles. The normalized spacial score (nSPS) is 26.4. The molecule has 0 aromatic heterocycles. The number of fused-ring (bicyclic) bond motifs is 6. The summed E-state index contributed by atoms with van der Waals surface area (Å²) in [5.41, 5.74) is -3.64. The van der Waals surface area contributed by atoms with Crippen LogP contribution in [0.5, 0.6) is 0 Å². The molecule has 8 aliphatic carbocycles. The van der Waals surface area contributed by atoms with Crippen LogP contribution in [-0.2, 0) is 115 Å². The molecule has 4 bridgehead atoms. The largest absolute Gasteiger partial charge is 0.455 e. The van der Waals surface area contributed by atoms with Crippen molar-refractivity contribution in [3.63, 3.8) is 0 Å². The topological polar surface area (TPSA) is 382 Å². The molecule has 30 heteroatoms. The predicted molar refractivity (Wildman–Crippen MR) is 464 cm³/mol. The van der Waals surface area contributed by atoms with Gasteiger partial charge in [0.2, 0.25) is 35.4 Å². The predicted octanol–water partition coefficient (Wildman–Crippen LogP) is 13.6. The summed E-state index contributed by atoms with van der Waals surface area (Å²) in [7, 11) is 0. The zero-order valence-electron chi connectivity index (χ0n) is 79.7. The molecule has 14 aliphatic rings. The fraction of sp³-hybridized carbons (Fsp3) is 0.814. The Morgan fingerprint density at radius 3 is 0.685 bits per heavy atom. The molecular formula is C97H148N6O24. The number of carbonyl (C=O) groups is 18. The van der Waals surface area contributed by atoms with Crippen LogP contribution in [0, 0.1) is 68.5 Å². The highest BCUT2D eigenvalue weighted by Crippen LogP contribution is 2.70. The highest BCUT2D eigenvalue weighted by molar-refractivity contribution is 6.07. The Hall–Kier alpha value is -8.34. The van der Waals surface area contributed by atoms with Crippen molar-refractivity contribution in [1.29, 1.82) is 0 Å². The van der Waals surface area contributed by atoms with Gasteiger partial charge in [-0.1, -0.05) is 154 Å². The van der Waals surface area contributed by atoms with Gasteiger partial charge in [0, 0.05) is 0 Å². The van der Waals surface area contributed by atoms with Crippen LogP contribution < -0.4 is 0 Å². The van der Waals surface area contributed by atoms with E-state index in [2.05, 4.69) is 27.7 Å². The van der Waals surface area contributed by atoms with E-state index >= 15 is 0 Å². The van der Waals surface area contributed by atoms with Crippen LogP contribution >= 0.6 is 0 Å². The van der Waals surface area contributed by atoms with Gasteiger partial charge in [0.15, 0.2) is 39.6 Å². The zero-order valence-corrected chi connectivity index (χ0v) is 79.7. The molecule has 710 valence electrons. The number of rotatable bonds is 24. The summed E-state index contributed by atoms with van der Waals surface area (Å²) < 4.78 is 30.6. The van der Waals surface area contributed by atoms with Crippen LogP contribution in [0.25, 0.3) is 0 Å². The van der Waals surface area contributed by atoms with Crippen LogP contribution in [0.1, 0.15) is 363 Å². The van der Waals surface area contributed by atoms with Gasteiger partial charge in [-0.2, -0.15) is 0 Å². The van der Waals surface area contributed by atoms with Crippen molar-refractivity contribution < 1.29 is 115 Å². The molecule has 12 amide bonds. The lowest BCUT2D eigenvalue weighted by Gasteiger charge is -2.61. The van der Waals surface area contributed by atoms with Crippen LogP contribution in [0.4, 0.5) is 0 Å². The third kappa shape index (κ3) is 20.3. The van der Waals surface area contributed by atoms with Crippen LogP contribution in [0.3, 0.4) is 0 Å². The van der Waals surface area contributed by atoms with E-state index in [1.54, 1.807) is 62.3 Å². The summed E-state index contributed by atoms with van der Waals surface area (Å²) in [6.07, 6.45) is 31.5. The van der Waals surface area contributed by atoms with Gasteiger partial charge >= 0.3 is 35.8 Å². The number of hydrogen-bond donors (Lipinski definition) is 0. The van der Waals surface area contributed by atoms with E-state index in [9.17, 15) is 86.3 Å². The Labute approximate surface area is 751 Å². The minimum atomic E-state index is -0.609. The molecular weight excluding hydrogens is 1630 g/mol. The summed E-state index contributed by atoms with van der Waals surface area (Å²) in [6, 6.07) is 0. The Morgan fingerprint density at radius 1 is 0.299 bits per heavy atom. The molecule has 9 atom stereocenters. The zero-order chi connectivity index (χ0) is 94.3. The molecule has 127 heavy (non-hydrogen) atoms. The monoisotopic (exact) mass is 1780 g/mol. The van der Waals surface area contributed by atoms with E-state index in [1.165, 1.54) is 48.7 Å². The van der Waals surface area contributed by atoms with E-state index in [0.29, 0.717) is 101 Å². The number of carbonyl (C=O) groups excluding carboxylic acids is 18. The Bertz CT molecular complexity index is 4190. The average molecular weight is 1780 g/mol. The van der Waals surface area contributed by atoms with Gasteiger partial charge in [0.25, 0.3) is 35.4 Å². The summed E-state index contributed by atoms with van der Waals surface area (Å²) in [6.45, 7) is 34.3. The summed E-state index contributed by atoms with van der Waals surface area (Å²) in [4.78, 5) is 224. The van der Waals surface area contributed by atoms with Crippen molar-refractivity contribution in [3.05, 3.63) is 0 Å². The van der Waals surface area contributed by atoms with Gasteiger partial charge in [-0.3, -0.25) is 116 Å². The second kappa shape index (κ2) is 40.6. The first-order valence-electron chi connectivity index (χ1n) is 47.6. The van der Waals surface area contributed by atoms with Gasteiger partial charge in [-0.15, -0.1) is 0 Å². The van der Waals surface area contributed by atoms with E-state index in [-0.39, 0.29) is 208 Å². The molecule has 6 spiro atoms. The van der Waals surface area contributed by atoms with Crippen LogP contribution in [0.2, 0.25) is 0 Å². The molecule has 30 nitrogen and oxygen atoms in total. The maximum absolute atomic E-state index is 12.7. The number of hydrogen-bond acceptors (Lipinski definition) is 24. The molecule has 0 aromatic carbocycles. The van der Waals surface area contributed by atoms with E-state index in [1.807, 2.05) is 41.5 Å². The highest BCUT2D eigenvalue weighted by atomic mass is 16.6. The van der Waals surface area contributed by atoms with E-state index in [0.717, 1.165) is 135 Å². The SMILES string of the molecule is CCC(C)(C)C(=O)OCC(=O)N1C(=O)CC12C1CCC(C1)C2(C)C.CCC(C)(C)C(=O)OCC(=O)N1C(=O)CC12CCCC2.CCC(C)(C)C(=O)OCC(=O)N1C(=O)CC12CCCCC2.CCC(C)C(=O)OCC(=O)N1C(=O)CC12C1CCC(C1)C2(C)C.CCC(C)C(=O)OCC(=O)N1C(=O)CC12CCCC2.CCC(C)C(=O)OCC(=O)N1C(=O)CC12CCCCC2. The Balaban J connectivity index is 0.000000173. The lowest BCUT2D eigenvalue weighted by atomic mass is 9.57. The standard InChI is InChI=1S/C19H29NO4.C18H27NO4.C16H25NO4.2C15H23NO4.C14H21NO4/c1-6-17(2,3)16(23)24-11-15(22)20-14(21)10-19(20)13-8-7-12(9-13)18(19,4)5;1-5-11(2)16(22)23-10-15(21)19-14(20)9-18(19)13-7-6-12(8-13)17(18,3)4;1-4-15(2,3)14(20)21-11-13(19)17-12(18)10-16(17)8-6-5-7-9-16;1-4-14(2,3)13(19)20-10-12(18)16-11(17)9-15(16)7-5-6-8-15;1-3-11(2)14(19)20-10-13(18)16-12(17)9-15(16)7-5-4-6-8-15;1-3-10(2)13(18)19-9-12(17)15-11(16)8-14(15)6-4-5-7-14/h12-13H,6-11H2,1-5H3;11-13H,5-10H2,1-4H3;4-11H2,1-3H3;4-10H2,1-3H3;11H,3-10H2,1-2H3;10H,3-9H2,1-2H3. The van der Waals surface area contributed by atoms with Crippen LogP contribution in [0.15, 0.2) is 0 Å². The van der Waals surface area contributed by atoms with Gasteiger partial charge < -0.3 is 28.4 Å². The molecule has 6 aliphatic heterocycles. The maximum Gasteiger partial charge on any atom is 0.312 e. The second-order valence-corrected chi connectivity index (χ2v) is 42.1. The first kappa shape index (κ1) is 102. The smallest absolute Gasteiger partial charge is 0.312 e. The van der Waals surface area contributed by atoms with Crippen molar-refractivity contribution in [3.8, 4) is 0 Å². The summed E-state index contributed by atoms with van der Waals surface area (Å²) in [5, 5.41) is 0. The minimum absolute atomic E-state index is 0.0415. The summed E-state index contributed by atoms with van der Waals surface area (Å²) in [5.74, 6) is -3.86. The number of ether oxygens (including phenoxy) is 6. The fourth-order valence-electron chi connectivity index (χ4n) is 22.6. The lowest BCUT2D eigenvalue weighted by molar-refractivity contribution is -0.191. The molecule has 0 N–H and O–H groups in total. The minimum Gasteiger partial charge on any atom is -0.455 e. The van der Waals surface area contributed by atoms with Gasteiger partial charge in [0.05, 0.1) is 106 Å². The third-order valence-electron chi connectivity index (χ3n) is 32.9. The molecule has 14 rings (SSSR count). The molecule has 0 aromatic rings. The molecule has 14 fully saturated rings. The number of likely N-dealkylation sites (tertiary alicyclic amines) is 6. The van der Waals surface area contributed by atoms with Crippen molar-refractivity contribution >= 4 is 107 Å². The molecule has 9 unspecified atom stereocenters. The first-order chi connectivity index (χ1) is 59.5. The molecule has 6 heterocycles. The number of imide groups is 6. The number of β-lactam (4-membered cyclic amide) rings is 6. The van der Waals surface area contributed by atoms with E-state index in [4.69, 9.17) is 28.4 Å². The Morgan fingerprint density at radius 2 is 0.496 bits per heavy atom. The van der Waals surface area contributed by atoms with Gasteiger partial charge in [-0.25, -0.2) is 0 Å². The van der Waals surface area contributed by atoms with E-state index < -0.39 is 16.2 Å². The number of esters is 6. The van der Waals surface area contributed by atoms with Crippen molar-refractivity contribution in [1.82, 2.24) is 29.4 Å². The number of amides is 12. The number of nitrogens with zero attached hydrogens (tertiary/aromatic N) is 6. The van der Waals surface area contributed by atoms with Crippen molar-refractivity contribution in [2.24, 2.45) is 68.5 Å². The molecule has 6 saturated heterocycles. The first-order valence-corrected chi connectivity index (χ1v) is 47.6. The van der Waals surface area contributed by atoms with Gasteiger partial charge in [0.1, 0.15) is 0 Å². The lowest BCUT2D eigenvalue weighted by Crippen LogP contribution is -2.74. The Kier molecular flexibility index (Phi) is 32.7. The van der Waals surface area contributed by atoms with Crippen molar-refractivity contribution in [2.75, 3.05) is 39.6 Å². The molecule has 0 radical (unpaired) electrons. The maximum atomic E-state index is 12.7. The fourth-order valence-corrected chi connectivity index (χ4v) is 22.6. The van der Waals surface area contributed by atoms with Gasteiger partial charge in [-0.05, 0) is 204 Å². The average Bonchev–Trinajstić information content (AvgIpc) is 1.51. The van der Waals surface area contributed by atoms with Crippen molar-refractivity contribution in [2.45, 2.75) is 396 Å². The van der Waals surface area contributed by atoms with Crippen LogP contribution in [-0.4, -0.2) is 209 Å². The second-order valence-electron chi connectivity index (χ2n) is 42.1. The highest BCUT2D eigenvalue weighted by Gasteiger charge is 2.74. The quantitative estimate of drug-likeness (QED) is 0.0492. The third-order valence-corrected chi connectivity index (χ3v) is 32.9. The summed E-state index contributed by atoms with van der Waals surface area (Å²) >= 11 is 0.